The number of amides is 1. The normalized spacial score (nSPS) is 16.1. The summed E-state index contributed by atoms with van der Waals surface area (Å²) in [4.78, 5) is 40.3. The number of aliphatic carboxylic acids is 2. The zero-order valence-corrected chi connectivity index (χ0v) is 23.5. The molecule has 1 aromatic heterocycles. The van der Waals surface area contributed by atoms with Crippen LogP contribution in [-0.2, 0) is 21.7 Å². The average Bonchev–Trinajstić information content (AvgIpc) is 3.43. The molecule has 3 aromatic rings. The lowest BCUT2D eigenvalue weighted by Gasteiger charge is -2.50. The van der Waals surface area contributed by atoms with Crippen LogP contribution in [0.2, 0.25) is 0 Å². The summed E-state index contributed by atoms with van der Waals surface area (Å²) in [6.07, 6.45) is -6.29. The van der Waals surface area contributed by atoms with Gasteiger partial charge in [0.1, 0.15) is 5.82 Å². The number of carboxylic acids is 2. The Balaban J connectivity index is 0.000000317. The van der Waals surface area contributed by atoms with Crippen LogP contribution in [0.25, 0.3) is 11.3 Å². The fourth-order valence-corrected chi connectivity index (χ4v) is 5.23. The first-order valence-electron chi connectivity index (χ1n) is 13.4. The summed E-state index contributed by atoms with van der Waals surface area (Å²) in [5.74, 6) is -4.21. The Morgan fingerprint density at radius 1 is 0.795 bits per heavy atom. The van der Waals surface area contributed by atoms with Crippen LogP contribution < -0.4 is 0 Å². The van der Waals surface area contributed by atoms with Crippen LogP contribution in [0.1, 0.15) is 35.9 Å². The van der Waals surface area contributed by atoms with Crippen molar-refractivity contribution >= 4 is 17.8 Å². The Morgan fingerprint density at radius 2 is 1.27 bits per heavy atom. The molecule has 15 heteroatoms. The van der Waals surface area contributed by atoms with Crippen molar-refractivity contribution in [2.45, 2.75) is 44.2 Å². The Kier molecular flexibility index (Phi) is 10.8. The maximum Gasteiger partial charge on any atom is 0.490 e. The highest BCUT2D eigenvalue weighted by Crippen LogP contribution is 2.42. The van der Waals surface area contributed by atoms with Crippen molar-refractivity contribution in [2.24, 2.45) is 0 Å². The van der Waals surface area contributed by atoms with Gasteiger partial charge in [0.2, 0.25) is 0 Å². The number of rotatable bonds is 3. The first-order chi connectivity index (χ1) is 20.6. The molecule has 0 radical (unpaired) electrons. The van der Waals surface area contributed by atoms with Crippen molar-refractivity contribution < 1.29 is 50.9 Å². The summed E-state index contributed by atoms with van der Waals surface area (Å²) in [7, 11) is 0. The van der Waals surface area contributed by atoms with E-state index >= 15 is 0 Å². The zero-order chi connectivity index (χ0) is 32.7. The predicted octanol–water partition coefficient (Wildman–Crippen LogP) is 5.28. The molecule has 0 atom stereocenters. The minimum absolute atomic E-state index is 0.0898. The molecule has 5 rings (SSSR count). The zero-order valence-electron chi connectivity index (χ0n) is 23.5. The monoisotopic (exact) mass is 628 g/mol. The molecule has 1 spiro atoms. The smallest absolute Gasteiger partial charge is 0.475 e. The van der Waals surface area contributed by atoms with Gasteiger partial charge in [-0.2, -0.15) is 26.3 Å². The van der Waals surface area contributed by atoms with Gasteiger partial charge >= 0.3 is 24.3 Å². The lowest BCUT2D eigenvalue weighted by atomic mass is 9.83. The van der Waals surface area contributed by atoms with Crippen LogP contribution in [0.4, 0.5) is 26.3 Å². The Bertz CT molecular complexity index is 1400. The van der Waals surface area contributed by atoms with Gasteiger partial charge in [0.05, 0.1) is 17.4 Å². The van der Waals surface area contributed by atoms with Crippen molar-refractivity contribution in [1.82, 2.24) is 19.4 Å². The van der Waals surface area contributed by atoms with E-state index in [2.05, 4.69) is 46.7 Å². The molecule has 0 saturated carbocycles. The highest BCUT2D eigenvalue weighted by molar-refractivity contribution is 5.94. The first kappa shape index (κ1) is 34.1. The van der Waals surface area contributed by atoms with E-state index in [1.54, 1.807) is 0 Å². The molecule has 0 unspecified atom stereocenters. The molecule has 2 aromatic carbocycles. The van der Waals surface area contributed by atoms with E-state index in [0.717, 1.165) is 51.1 Å². The Morgan fingerprint density at radius 3 is 1.73 bits per heavy atom. The number of halogens is 6. The minimum atomic E-state index is -5.08. The summed E-state index contributed by atoms with van der Waals surface area (Å²) in [5, 5.41) is 14.2. The molecule has 3 heterocycles. The summed E-state index contributed by atoms with van der Waals surface area (Å²) in [5.41, 5.74) is 3.10. The Hall–Kier alpha value is -4.40. The van der Waals surface area contributed by atoms with Crippen LogP contribution in [-0.4, -0.2) is 85.9 Å². The predicted molar refractivity (Wildman–Crippen MR) is 146 cm³/mol. The van der Waals surface area contributed by atoms with Crippen LogP contribution in [0.3, 0.4) is 0 Å². The van der Waals surface area contributed by atoms with Gasteiger partial charge < -0.3 is 19.7 Å². The molecule has 2 aliphatic rings. The van der Waals surface area contributed by atoms with E-state index in [1.807, 2.05) is 41.4 Å². The van der Waals surface area contributed by atoms with Gasteiger partial charge in [0, 0.05) is 31.7 Å². The number of carboxylic acid groups (broad SMARTS) is 2. The number of benzene rings is 2. The lowest BCUT2D eigenvalue weighted by Crippen LogP contribution is -2.58. The third-order valence-corrected chi connectivity index (χ3v) is 7.31. The molecule has 2 aliphatic heterocycles. The van der Waals surface area contributed by atoms with Gasteiger partial charge in [0.25, 0.3) is 5.91 Å². The molecular formula is C29H30F6N4O5. The van der Waals surface area contributed by atoms with Crippen LogP contribution in [0.5, 0.6) is 0 Å². The number of fused-ring (bicyclic) bond motifs is 2. The number of imidazole rings is 1. The van der Waals surface area contributed by atoms with Crippen LogP contribution >= 0.6 is 0 Å². The highest BCUT2D eigenvalue weighted by atomic mass is 19.4. The maximum atomic E-state index is 12.9. The molecule has 1 amide bonds. The molecule has 238 valence electrons. The SMILES string of the molecule is CCN1CCn2c(-c3ccccc3)cnc2C12CCN(C(=O)c1ccccc1)CC2.O=C(O)C(F)(F)F.O=C(O)C(F)(F)F. The van der Waals surface area contributed by atoms with E-state index < -0.39 is 24.3 Å². The summed E-state index contributed by atoms with van der Waals surface area (Å²) < 4.78 is 65.9. The standard InChI is InChI=1S/C25H28N4O.2C2HF3O2/c1-2-28-17-18-29-22(20-9-5-3-6-10-20)19-26-24(29)25(28)13-15-27(16-14-25)23(30)21-11-7-4-8-12-21;2*3-2(4,5)1(6)7/h3-12,19H,2,13-18H2,1H3;2*(H,6,7). The molecule has 9 nitrogen and oxygen atoms in total. The van der Waals surface area contributed by atoms with Gasteiger partial charge in [-0.05, 0) is 37.1 Å². The van der Waals surface area contributed by atoms with Crippen LogP contribution in [0, 0.1) is 0 Å². The topological polar surface area (TPSA) is 116 Å². The maximum absolute atomic E-state index is 12.9. The number of likely N-dealkylation sites (tertiary alicyclic amines) is 1. The lowest BCUT2D eigenvalue weighted by molar-refractivity contribution is -0.193. The molecule has 44 heavy (non-hydrogen) atoms. The number of carbonyl (C=O) groups is 3. The fourth-order valence-electron chi connectivity index (χ4n) is 5.23. The van der Waals surface area contributed by atoms with Crippen molar-refractivity contribution in [3.8, 4) is 11.3 Å². The molecule has 0 aliphatic carbocycles. The van der Waals surface area contributed by atoms with Gasteiger partial charge in [-0.15, -0.1) is 0 Å². The number of aromatic nitrogens is 2. The van der Waals surface area contributed by atoms with E-state index in [0.29, 0.717) is 0 Å². The molecule has 2 N–H and O–H groups in total. The van der Waals surface area contributed by atoms with Crippen molar-refractivity contribution in [1.29, 1.82) is 0 Å². The quantitative estimate of drug-likeness (QED) is 0.379. The summed E-state index contributed by atoms with van der Waals surface area (Å²) >= 11 is 0. The number of piperidine rings is 1. The van der Waals surface area contributed by atoms with E-state index in [1.165, 1.54) is 17.1 Å². The summed E-state index contributed by atoms with van der Waals surface area (Å²) in [6.45, 7) is 6.74. The number of carbonyl (C=O) groups excluding carboxylic acids is 1. The number of alkyl halides is 6. The molecule has 1 fully saturated rings. The van der Waals surface area contributed by atoms with Gasteiger partial charge in [-0.1, -0.05) is 55.5 Å². The van der Waals surface area contributed by atoms with Crippen molar-refractivity contribution in [2.75, 3.05) is 26.2 Å². The second-order valence-corrected chi connectivity index (χ2v) is 9.86. The molecule has 0 bridgehead atoms. The third-order valence-electron chi connectivity index (χ3n) is 7.31. The number of hydrogen-bond acceptors (Lipinski definition) is 5. The van der Waals surface area contributed by atoms with Crippen molar-refractivity contribution in [3.63, 3.8) is 0 Å². The highest BCUT2D eigenvalue weighted by Gasteiger charge is 2.47. The number of nitrogens with zero attached hydrogens (tertiary/aromatic N) is 4. The van der Waals surface area contributed by atoms with Gasteiger partial charge in [-0.3, -0.25) is 9.69 Å². The fraction of sp³-hybridized carbons (Fsp3) is 0.379. The largest absolute Gasteiger partial charge is 0.490 e. The molecule has 1 saturated heterocycles. The van der Waals surface area contributed by atoms with E-state index in [9.17, 15) is 31.1 Å². The average molecular weight is 629 g/mol. The van der Waals surface area contributed by atoms with E-state index in [4.69, 9.17) is 24.8 Å². The van der Waals surface area contributed by atoms with Crippen LogP contribution in [0.15, 0.2) is 66.9 Å². The molecular weight excluding hydrogens is 598 g/mol. The summed E-state index contributed by atoms with van der Waals surface area (Å²) in [6, 6.07) is 20.2. The number of hydrogen-bond donors (Lipinski definition) is 2. The van der Waals surface area contributed by atoms with Crippen molar-refractivity contribution in [3.05, 3.63) is 78.2 Å². The minimum Gasteiger partial charge on any atom is -0.475 e. The second kappa shape index (κ2) is 13.9. The number of likely N-dealkylation sites (N-methyl/N-ethyl adjacent to an activating group) is 1. The van der Waals surface area contributed by atoms with Gasteiger partial charge in [0.15, 0.2) is 0 Å². The van der Waals surface area contributed by atoms with E-state index in [-0.39, 0.29) is 11.4 Å². The van der Waals surface area contributed by atoms with Gasteiger partial charge in [-0.25, -0.2) is 14.6 Å². The first-order valence-corrected chi connectivity index (χ1v) is 13.4. The second-order valence-electron chi connectivity index (χ2n) is 9.86. The third kappa shape index (κ3) is 7.95. The Labute approximate surface area is 248 Å².